The highest BCUT2D eigenvalue weighted by molar-refractivity contribution is 6.04. The summed E-state index contributed by atoms with van der Waals surface area (Å²) in [4.78, 5) is 16.9. The molecule has 0 spiro atoms. The third-order valence-corrected chi connectivity index (χ3v) is 5.81. The lowest BCUT2D eigenvalue weighted by atomic mass is 10.1. The average molecular weight is 549 g/mol. The van der Waals surface area contributed by atoms with Crippen molar-refractivity contribution in [2.24, 2.45) is 7.05 Å². The van der Waals surface area contributed by atoms with Crippen LogP contribution in [-0.4, -0.2) is 51.6 Å². The van der Waals surface area contributed by atoms with Gasteiger partial charge < -0.3 is 24.7 Å². The maximum atomic E-state index is 13.0. The highest BCUT2D eigenvalue weighted by Gasteiger charge is 2.13. The van der Waals surface area contributed by atoms with E-state index in [0.29, 0.717) is 42.4 Å². The highest BCUT2D eigenvalue weighted by Crippen LogP contribution is 2.20. The summed E-state index contributed by atoms with van der Waals surface area (Å²) in [7, 11) is 3.37. The number of hydrogen-bond acceptors (Lipinski definition) is 8. The number of carbonyl (C=O) groups excluding carboxylic acids is 1. The Balaban J connectivity index is 1.50. The van der Waals surface area contributed by atoms with Gasteiger partial charge in [0.15, 0.2) is 17.2 Å². The number of ether oxygens (including phenoxy) is 2. The lowest BCUT2D eigenvalue weighted by Crippen LogP contribution is -2.19. The molecule has 41 heavy (non-hydrogen) atoms. The molecule has 4 rings (SSSR count). The number of nitrogens with zero attached hydrogens (tertiary/aromatic N) is 6. The molecule has 2 aromatic heterocycles. The van der Waals surface area contributed by atoms with Crippen LogP contribution in [0.2, 0.25) is 0 Å². The summed E-state index contributed by atoms with van der Waals surface area (Å²) in [5, 5.41) is 28.6. The van der Waals surface area contributed by atoms with Gasteiger partial charge in [-0.2, -0.15) is 15.6 Å². The van der Waals surface area contributed by atoms with Gasteiger partial charge in [0.05, 0.1) is 12.9 Å². The Morgan fingerprint density at radius 3 is 2.66 bits per heavy atom. The monoisotopic (exact) mass is 548 g/mol. The molecule has 0 fully saturated rings. The predicted octanol–water partition coefficient (Wildman–Crippen LogP) is 3.54. The zero-order valence-corrected chi connectivity index (χ0v) is 22.9. The van der Waals surface area contributed by atoms with Gasteiger partial charge >= 0.3 is 0 Å². The Kier molecular flexibility index (Phi) is 9.35. The van der Waals surface area contributed by atoms with E-state index in [1.165, 1.54) is 6.33 Å². The van der Waals surface area contributed by atoms with E-state index in [1.54, 1.807) is 53.9 Å². The molecule has 11 heteroatoms. The second-order valence-electron chi connectivity index (χ2n) is 9.08. The van der Waals surface area contributed by atoms with E-state index in [4.69, 9.17) is 14.7 Å². The van der Waals surface area contributed by atoms with Gasteiger partial charge in [-0.1, -0.05) is 17.9 Å². The maximum absolute atomic E-state index is 13.0. The summed E-state index contributed by atoms with van der Waals surface area (Å²) in [6.45, 7) is 3.25. The van der Waals surface area contributed by atoms with E-state index in [9.17, 15) is 10.1 Å². The number of methoxy groups -OCH3 is 1. The van der Waals surface area contributed by atoms with E-state index < -0.39 is 0 Å². The van der Waals surface area contributed by atoms with Crippen molar-refractivity contribution in [3.63, 3.8) is 0 Å². The first-order valence-electron chi connectivity index (χ1n) is 12.7. The molecule has 0 unspecified atom stereocenters. The molecular weight excluding hydrogens is 520 g/mol. The Labute approximate surface area is 238 Å². The number of imidazole rings is 1. The van der Waals surface area contributed by atoms with Crippen molar-refractivity contribution in [1.29, 1.82) is 10.5 Å². The Morgan fingerprint density at radius 1 is 1.10 bits per heavy atom. The number of aryl methyl sites for hydroxylation is 1. The molecule has 0 aliphatic rings. The van der Waals surface area contributed by atoms with Crippen molar-refractivity contribution in [2.45, 2.75) is 19.6 Å². The Hall–Kier alpha value is -5.57. The number of hydrogen-bond donors (Lipinski definition) is 2. The number of nitriles is 2. The molecule has 2 aromatic carbocycles. The summed E-state index contributed by atoms with van der Waals surface area (Å²) < 4.78 is 14.4. The molecule has 1 amide bonds. The van der Waals surface area contributed by atoms with Gasteiger partial charge in [-0.05, 0) is 43.3 Å². The minimum Gasteiger partial charge on any atom is -0.488 e. The number of amides is 1. The zero-order chi connectivity index (χ0) is 29.2. The zero-order valence-electron chi connectivity index (χ0n) is 22.9. The van der Waals surface area contributed by atoms with Crippen LogP contribution in [0.25, 0.3) is 0 Å². The fourth-order valence-electron chi connectivity index (χ4n) is 3.96. The summed E-state index contributed by atoms with van der Waals surface area (Å²) in [5.74, 6) is 6.90. The van der Waals surface area contributed by atoms with E-state index in [2.05, 4.69) is 32.6 Å². The first kappa shape index (κ1) is 28.4. The first-order chi connectivity index (χ1) is 19.9. The predicted molar refractivity (Wildman–Crippen MR) is 152 cm³/mol. The van der Waals surface area contributed by atoms with Crippen LogP contribution in [0.15, 0.2) is 61.1 Å². The van der Waals surface area contributed by atoms with Crippen molar-refractivity contribution in [1.82, 2.24) is 19.3 Å². The normalized spacial score (nSPS) is 11.0. The lowest BCUT2D eigenvalue weighted by molar-refractivity contribution is 0.0917. The molecule has 0 aliphatic carbocycles. The summed E-state index contributed by atoms with van der Waals surface area (Å²) in [6, 6.07) is 18.4. The van der Waals surface area contributed by atoms with Crippen molar-refractivity contribution < 1.29 is 14.3 Å². The van der Waals surface area contributed by atoms with E-state index in [1.807, 2.05) is 43.3 Å². The van der Waals surface area contributed by atoms with Crippen LogP contribution in [0.1, 0.15) is 39.8 Å². The van der Waals surface area contributed by atoms with E-state index in [-0.39, 0.29) is 23.4 Å². The van der Waals surface area contributed by atoms with Gasteiger partial charge in [0.25, 0.3) is 5.91 Å². The first-order valence-corrected chi connectivity index (χ1v) is 12.7. The van der Waals surface area contributed by atoms with Crippen LogP contribution >= 0.6 is 0 Å². The molecular formula is C30H28N8O3. The number of anilines is 2. The largest absolute Gasteiger partial charge is 0.488 e. The smallest absolute Gasteiger partial charge is 0.257 e. The van der Waals surface area contributed by atoms with E-state index >= 15 is 0 Å². The second kappa shape index (κ2) is 13.5. The van der Waals surface area contributed by atoms with Crippen LogP contribution in [-0.2, 0) is 18.3 Å². The Bertz CT molecular complexity index is 1680. The van der Waals surface area contributed by atoms with Crippen molar-refractivity contribution in [2.75, 3.05) is 30.9 Å². The highest BCUT2D eigenvalue weighted by atomic mass is 16.5. The lowest BCUT2D eigenvalue weighted by Gasteiger charge is -2.15. The molecule has 0 radical (unpaired) electrons. The number of benzene rings is 2. The fourth-order valence-corrected chi connectivity index (χ4v) is 3.96. The maximum Gasteiger partial charge on any atom is 0.257 e. The van der Waals surface area contributed by atoms with Crippen LogP contribution in [0.4, 0.5) is 11.5 Å². The second-order valence-corrected chi connectivity index (χ2v) is 9.08. The quantitative estimate of drug-likeness (QED) is 0.287. The van der Waals surface area contributed by atoms with Crippen LogP contribution in [0.3, 0.4) is 0 Å². The van der Waals surface area contributed by atoms with Gasteiger partial charge in [0.1, 0.15) is 24.0 Å². The van der Waals surface area contributed by atoms with Gasteiger partial charge in [0, 0.05) is 61.9 Å². The van der Waals surface area contributed by atoms with Crippen LogP contribution in [0.5, 0.6) is 5.75 Å². The number of rotatable bonds is 10. The number of carbonyl (C=O) groups is 1. The Morgan fingerprint density at radius 2 is 1.93 bits per heavy atom. The van der Waals surface area contributed by atoms with Crippen molar-refractivity contribution >= 4 is 17.4 Å². The molecule has 2 N–H and O–H groups in total. The van der Waals surface area contributed by atoms with Gasteiger partial charge in [-0.15, -0.1) is 0 Å². The summed E-state index contributed by atoms with van der Waals surface area (Å²) >= 11 is 0. The van der Waals surface area contributed by atoms with Gasteiger partial charge in [-0.3, -0.25) is 9.48 Å². The third kappa shape index (κ3) is 7.73. The van der Waals surface area contributed by atoms with Crippen LogP contribution in [0, 0.1) is 34.5 Å². The molecule has 0 saturated heterocycles. The molecule has 4 aromatic rings. The molecule has 11 nitrogen and oxygen atoms in total. The topological polar surface area (TPSA) is 143 Å². The summed E-state index contributed by atoms with van der Waals surface area (Å²) in [6.07, 6.45) is 3.00. The van der Waals surface area contributed by atoms with Gasteiger partial charge in [-0.25, -0.2) is 4.98 Å². The molecule has 0 saturated carbocycles. The van der Waals surface area contributed by atoms with Crippen LogP contribution < -0.4 is 15.4 Å². The molecule has 2 heterocycles. The molecule has 1 atom stereocenters. The third-order valence-electron chi connectivity index (χ3n) is 5.81. The van der Waals surface area contributed by atoms with Crippen molar-refractivity contribution in [3.8, 4) is 29.7 Å². The average Bonchev–Trinajstić information content (AvgIpc) is 3.56. The SMILES string of the molecule is COC[C@H](C)Oc1cc(C#Cc2cccc(NCCn3cnc(C#N)c3C#N)c2)cc(C(=O)Nc2ccn(C)n2)c1. The minimum absolute atomic E-state index is 0.116. The molecule has 0 aliphatic heterocycles. The minimum atomic E-state index is -0.331. The molecule has 0 bridgehead atoms. The number of nitrogens with one attached hydrogen (secondary N) is 2. The molecule has 206 valence electrons. The number of aromatic nitrogens is 4. The standard InChI is InChI=1S/C30H28N8O3/c1-21(19-40-3)41-26-15-23(13-24(16-26)30(39)35-29-9-11-37(2)36-29)8-7-22-5-4-6-25(14-22)33-10-12-38-20-34-27(17-31)28(38)18-32/h4-6,9,11,13-16,20-21,33H,10,12,19H2,1-3H3,(H,35,36,39)/t21-/m0/s1. The van der Waals surface area contributed by atoms with Gasteiger partial charge in [0.2, 0.25) is 0 Å². The fraction of sp³-hybridized carbons (Fsp3) is 0.233. The summed E-state index contributed by atoms with van der Waals surface area (Å²) in [5.41, 5.74) is 2.95. The van der Waals surface area contributed by atoms with Crippen molar-refractivity contribution in [3.05, 3.63) is 89.1 Å². The van der Waals surface area contributed by atoms with E-state index in [0.717, 1.165) is 11.3 Å².